The highest BCUT2D eigenvalue weighted by molar-refractivity contribution is 7.91. The van der Waals surface area contributed by atoms with E-state index in [1.807, 2.05) is 6.08 Å². The van der Waals surface area contributed by atoms with Crippen LogP contribution in [0.3, 0.4) is 0 Å². The van der Waals surface area contributed by atoms with E-state index in [9.17, 15) is 0 Å². The van der Waals surface area contributed by atoms with Gasteiger partial charge in [0, 0.05) is 49.0 Å². The molecular weight excluding hydrogens is 661 g/mol. The first-order valence-electron chi connectivity index (χ1n) is 15.7. The Morgan fingerprint density at radius 1 is 0.585 bits per heavy atom. The zero-order valence-electron chi connectivity index (χ0n) is 30.8. The highest BCUT2D eigenvalue weighted by Gasteiger charge is 2.65. The number of rotatable bonds is 15. The molecule has 0 heterocycles. The largest absolute Gasteiger partial charge is 0.421 e. The molecule has 0 aliphatic heterocycles. The predicted octanol–water partition coefficient (Wildman–Crippen LogP) is 8.74. The van der Waals surface area contributed by atoms with Crippen LogP contribution in [-0.4, -0.2) is 88.4 Å². The summed E-state index contributed by atoms with van der Waals surface area (Å²) in [6.45, 7) is 55.4. The normalized spacial score (nSPS) is 16.5. The van der Waals surface area contributed by atoms with Crippen molar-refractivity contribution in [2.24, 2.45) is 0 Å². The summed E-state index contributed by atoms with van der Waals surface area (Å²) in [5.41, 5.74) is 1.26. The van der Waals surface area contributed by atoms with Gasteiger partial charge in [0.1, 0.15) is 9.52 Å². The average Bonchev–Trinajstić information content (AvgIpc) is 2.81. The van der Waals surface area contributed by atoms with E-state index in [-0.39, 0.29) is 0 Å². The van der Waals surface area contributed by atoms with Crippen molar-refractivity contribution < 1.29 is 8.85 Å². The highest BCUT2D eigenvalue weighted by Crippen LogP contribution is 2.41. The van der Waals surface area contributed by atoms with E-state index in [2.05, 4.69) is 155 Å². The van der Waals surface area contributed by atoms with Gasteiger partial charge in [-0.3, -0.25) is 0 Å². The summed E-state index contributed by atoms with van der Waals surface area (Å²) in [4.78, 5) is 0. The molecule has 236 valence electrons. The third-order valence-corrected chi connectivity index (χ3v) is 173. The van der Waals surface area contributed by atoms with Crippen molar-refractivity contribution in [3.63, 3.8) is 0 Å². The van der Waals surface area contributed by atoms with Crippen molar-refractivity contribution >= 4 is 87.2 Å². The van der Waals surface area contributed by atoms with Crippen molar-refractivity contribution in [2.75, 3.05) is 12.5 Å². The van der Waals surface area contributed by atoms with Crippen molar-refractivity contribution in [1.29, 1.82) is 0 Å². The van der Waals surface area contributed by atoms with E-state index < -0.39 is 66.4 Å². The van der Waals surface area contributed by atoms with Gasteiger partial charge in [0.15, 0.2) is 15.7 Å². The van der Waals surface area contributed by atoms with Gasteiger partial charge >= 0.3 is 0 Å². The Kier molecular flexibility index (Phi) is 12.7. The van der Waals surface area contributed by atoms with E-state index in [0.717, 1.165) is 12.5 Å². The Morgan fingerprint density at radius 3 is 1.46 bits per heavy atom. The Labute approximate surface area is 267 Å². The first-order chi connectivity index (χ1) is 18.0. The smallest absolute Gasteiger partial charge is 0.196 e. The zero-order valence-corrected chi connectivity index (χ0v) is 40.8. The van der Waals surface area contributed by atoms with Gasteiger partial charge in [-0.2, -0.15) is 0 Å². The Hall–Kier alpha value is 1.05. The Balaban J connectivity index is 3.59. The van der Waals surface area contributed by atoms with Crippen molar-refractivity contribution in [2.45, 2.75) is 124 Å². The van der Waals surface area contributed by atoms with E-state index in [1.165, 1.54) is 10.8 Å². The molecule has 1 aromatic carbocycles. The maximum atomic E-state index is 7.53. The van der Waals surface area contributed by atoms with Crippen LogP contribution in [0.5, 0.6) is 0 Å². The maximum absolute atomic E-state index is 7.53. The second-order valence-corrected chi connectivity index (χ2v) is 111. The van der Waals surface area contributed by atoms with Crippen molar-refractivity contribution in [3.05, 3.63) is 36.4 Å². The minimum atomic E-state index is -2.18. The molecule has 0 amide bonds. The summed E-state index contributed by atoms with van der Waals surface area (Å²) in [7, 11) is -13.5. The molecular formula is C29H68O2Si10. The molecule has 0 saturated carbocycles. The first-order valence-corrected chi connectivity index (χ1v) is 51.4. The van der Waals surface area contributed by atoms with Crippen LogP contribution in [-0.2, 0) is 8.85 Å². The van der Waals surface area contributed by atoms with Crippen LogP contribution in [0.2, 0.25) is 124 Å². The molecule has 12 heteroatoms. The summed E-state index contributed by atoms with van der Waals surface area (Å²) in [6, 6.07) is 8.74. The van der Waals surface area contributed by atoms with E-state index in [1.54, 1.807) is 0 Å². The van der Waals surface area contributed by atoms with Gasteiger partial charge in [-0.25, -0.2) is 0 Å². The lowest BCUT2D eigenvalue weighted by molar-refractivity contribution is 0.316. The zero-order chi connectivity index (χ0) is 32.7. The molecule has 0 spiro atoms. The molecule has 0 N–H and O–H groups in total. The monoisotopic (exact) mass is 728 g/mol. The van der Waals surface area contributed by atoms with Gasteiger partial charge in [0.05, 0.1) is 14.2 Å². The van der Waals surface area contributed by atoms with Crippen LogP contribution in [0.15, 0.2) is 30.8 Å². The van der Waals surface area contributed by atoms with Gasteiger partial charge < -0.3 is 8.85 Å². The van der Waals surface area contributed by atoms with Crippen LogP contribution in [0.1, 0.15) is 5.56 Å². The van der Waals surface area contributed by atoms with Crippen molar-refractivity contribution in [1.82, 2.24) is 0 Å². The topological polar surface area (TPSA) is 18.5 Å². The lowest BCUT2D eigenvalue weighted by Gasteiger charge is -2.59. The number of hydrogen-bond donors (Lipinski definition) is 0. The fraction of sp³-hybridized carbons (Fsp3) is 0.724. The summed E-state index contributed by atoms with van der Waals surface area (Å²) >= 11 is 0. The van der Waals surface area contributed by atoms with Crippen LogP contribution in [0.4, 0.5) is 0 Å². The van der Waals surface area contributed by atoms with Gasteiger partial charge in [-0.05, 0) is 25.2 Å². The fourth-order valence-corrected chi connectivity index (χ4v) is 181. The number of hydrogen-bond acceptors (Lipinski definition) is 2. The molecule has 0 aromatic heterocycles. The van der Waals surface area contributed by atoms with E-state index in [0.29, 0.717) is 9.52 Å². The van der Waals surface area contributed by atoms with Crippen LogP contribution in [0, 0.1) is 0 Å². The molecule has 0 fully saturated rings. The average molecular weight is 730 g/mol. The van der Waals surface area contributed by atoms with Gasteiger partial charge in [0.2, 0.25) is 0 Å². The summed E-state index contributed by atoms with van der Waals surface area (Å²) in [6.07, 6.45) is 3.77. The standard InChI is InChI=1S/C29H68O2Si10/c1-21-28-24-22-23-25-29(28)32-26-30-41(20,40(18,19)39(16,17)37(12,13)34(5,6)7)27-31-35(8,9)38(14,15)36(10,11)33(2,3)4/h21-25H,1,26-27H2,2-20H3. The van der Waals surface area contributed by atoms with Crippen LogP contribution >= 0.6 is 0 Å². The molecule has 0 bridgehead atoms. The summed E-state index contributed by atoms with van der Waals surface area (Å²) in [5.74, 6) is 0. The third-order valence-electron chi connectivity index (χ3n) is 13.8. The molecule has 2 radical (unpaired) electrons. The van der Waals surface area contributed by atoms with Gasteiger partial charge in [-0.15, -0.1) is 0 Å². The number of benzene rings is 1. The van der Waals surface area contributed by atoms with E-state index >= 15 is 0 Å². The van der Waals surface area contributed by atoms with Gasteiger partial charge in [0.25, 0.3) is 0 Å². The minimum absolute atomic E-state index is 0.661. The van der Waals surface area contributed by atoms with Crippen LogP contribution in [0.25, 0.3) is 6.08 Å². The summed E-state index contributed by atoms with van der Waals surface area (Å²) in [5, 5.41) is 1.39. The molecule has 0 aliphatic rings. The molecule has 1 unspecified atom stereocenters. The summed E-state index contributed by atoms with van der Waals surface area (Å²) < 4.78 is 15.0. The molecule has 1 rings (SSSR count). The fourth-order valence-electron chi connectivity index (χ4n) is 6.08. The molecule has 2 nitrogen and oxygen atoms in total. The molecule has 1 atom stereocenters. The lowest BCUT2D eigenvalue weighted by atomic mass is 10.2. The van der Waals surface area contributed by atoms with Crippen LogP contribution < -0.4 is 5.19 Å². The predicted molar refractivity (Wildman–Crippen MR) is 217 cm³/mol. The highest BCUT2D eigenvalue weighted by atomic mass is 29.9. The molecule has 0 aliphatic carbocycles. The van der Waals surface area contributed by atoms with Crippen molar-refractivity contribution in [3.8, 4) is 0 Å². The molecule has 1 aromatic rings. The quantitative estimate of drug-likeness (QED) is 0.168. The maximum Gasteiger partial charge on any atom is 0.196 e. The first kappa shape index (κ1) is 40.1. The Morgan fingerprint density at radius 2 is 1.02 bits per heavy atom. The van der Waals surface area contributed by atoms with Gasteiger partial charge in [-0.1, -0.05) is 147 Å². The SMILES string of the molecule is C=Cc1ccccc1[Si]CO[Si](C)(CO[Si](C)(C)[Si](C)(C)[Si](C)(C)[Si](C)(C)C)[Si](C)(C)[Si](C)(C)[Si](C)(C)[Si](C)(C)C. The lowest BCUT2D eigenvalue weighted by Crippen LogP contribution is -2.86. The minimum Gasteiger partial charge on any atom is -0.421 e. The second-order valence-electron chi connectivity index (χ2n) is 17.9. The Bertz CT molecular complexity index is 1050. The second kappa shape index (κ2) is 13.0. The van der Waals surface area contributed by atoms with E-state index in [4.69, 9.17) is 8.85 Å². The molecule has 0 saturated heterocycles. The third kappa shape index (κ3) is 7.55. The molecule has 41 heavy (non-hydrogen) atoms.